The Hall–Kier alpha value is -0.730. The average Bonchev–Trinajstić information content (AvgIpc) is 1.98. The summed E-state index contributed by atoms with van der Waals surface area (Å²) in [6.07, 6.45) is 1.98. The summed E-state index contributed by atoms with van der Waals surface area (Å²) in [6, 6.07) is 0.460. The van der Waals surface area contributed by atoms with Crippen molar-refractivity contribution < 1.29 is 4.79 Å². The molecule has 0 atom stereocenters. The molecular formula is C9H20N2O. The van der Waals surface area contributed by atoms with E-state index in [1.165, 1.54) is 0 Å². The van der Waals surface area contributed by atoms with Crippen LogP contribution < -0.4 is 10.6 Å². The van der Waals surface area contributed by atoms with Crippen LogP contribution >= 0.6 is 0 Å². The molecule has 0 fully saturated rings. The highest BCUT2D eigenvalue weighted by Gasteiger charge is 2.07. The molecule has 2 amide bonds. The van der Waals surface area contributed by atoms with Gasteiger partial charge in [0.25, 0.3) is 0 Å². The fraction of sp³-hybridized carbons (Fsp3) is 0.889. The fourth-order valence-electron chi connectivity index (χ4n) is 0.982. The van der Waals surface area contributed by atoms with Gasteiger partial charge in [-0.25, -0.2) is 4.79 Å². The van der Waals surface area contributed by atoms with Crippen LogP contribution in [0, 0.1) is 0 Å². The molecule has 0 aliphatic rings. The van der Waals surface area contributed by atoms with Gasteiger partial charge in [0.1, 0.15) is 0 Å². The molecule has 0 aromatic heterocycles. The SMILES string of the molecule is CCC(CC)NC(=O)NC(C)C. The summed E-state index contributed by atoms with van der Waals surface area (Å²) < 4.78 is 0. The summed E-state index contributed by atoms with van der Waals surface area (Å²) in [5.41, 5.74) is 0. The van der Waals surface area contributed by atoms with E-state index < -0.39 is 0 Å². The summed E-state index contributed by atoms with van der Waals surface area (Å²) in [5, 5.41) is 5.69. The standard InChI is InChI=1S/C9H20N2O/c1-5-8(6-2)11-9(12)10-7(3)4/h7-8H,5-6H2,1-4H3,(H2,10,11,12). The predicted octanol–water partition coefficient (Wildman–Crippen LogP) is 1.88. The zero-order chi connectivity index (χ0) is 9.56. The van der Waals surface area contributed by atoms with Crippen LogP contribution in [0.5, 0.6) is 0 Å². The van der Waals surface area contributed by atoms with Crippen molar-refractivity contribution in [2.75, 3.05) is 0 Å². The molecule has 0 aromatic rings. The van der Waals surface area contributed by atoms with Gasteiger partial charge in [0.15, 0.2) is 0 Å². The number of hydrogen-bond acceptors (Lipinski definition) is 1. The van der Waals surface area contributed by atoms with Crippen molar-refractivity contribution in [1.82, 2.24) is 10.6 Å². The first kappa shape index (κ1) is 11.3. The van der Waals surface area contributed by atoms with Gasteiger partial charge in [0, 0.05) is 12.1 Å². The van der Waals surface area contributed by atoms with Crippen LogP contribution in [-0.4, -0.2) is 18.1 Å². The molecule has 0 aliphatic carbocycles. The van der Waals surface area contributed by atoms with Crippen molar-refractivity contribution >= 4 is 6.03 Å². The second-order valence-electron chi connectivity index (χ2n) is 3.29. The highest BCUT2D eigenvalue weighted by Crippen LogP contribution is 1.95. The first-order valence-electron chi connectivity index (χ1n) is 4.67. The smallest absolute Gasteiger partial charge is 0.315 e. The number of nitrogens with one attached hydrogen (secondary N) is 2. The highest BCUT2D eigenvalue weighted by molar-refractivity contribution is 5.74. The van der Waals surface area contributed by atoms with Crippen LogP contribution in [0.25, 0.3) is 0 Å². The van der Waals surface area contributed by atoms with E-state index in [0.29, 0.717) is 6.04 Å². The van der Waals surface area contributed by atoms with E-state index >= 15 is 0 Å². The zero-order valence-electron chi connectivity index (χ0n) is 8.48. The van der Waals surface area contributed by atoms with Crippen LogP contribution in [0.3, 0.4) is 0 Å². The predicted molar refractivity (Wildman–Crippen MR) is 51.2 cm³/mol. The maximum Gasteiger partial charge on any atom is 0.315 e. The van der Waals surface area contributed by atoms with Crippen molar-refractivity contribution in [3.05, 3.63) is 0 Å². The third kappa shape index (κ3) is 4.99. The Balaban J connectivity index is 3.66. The maximum atomic E-state index is 11.2. The van der Waals surface area contributed by atoms with Gasteiger partial charge in [-0.2, -0.15) is 0 Å². The van der Waals surface area contributed by atoms with E-state index in [1.807, 2.05) is 13.8 Å². The van der Waals surface area contributed by atoms with Crippen LogP contribution in [-0.2, 0) is 0 Å². The number of carbonyl (C=O) groups excluding carboxylic acids is 1. The molecule has 0 rings (SSSR count). The van der Waals surface area contributed by atoms with E-state index in [-0.39, 0.29) is 12.1 Å². The van der Waals surface area contributed by atoms with E-state index in [4.69, 9.17) is 0 Å². The lowest BCUT2D eigenvalue weighted by Crippen LogP contribution is -2.44. The molecule has 12 heavy (non-hydrogen) atoms. The Labute approximate surface area is 74.9 Å². The first-order valence-corrected chi connectivity index (χ1v) is 4.67. The van der Waals surface area contributed by atoms with Crippen LogP contribution in [0.4, 0.5) is 4.79 Å². The normalized spacial score (nSPS) is 10.5. The molecule has 3 nitrogen and oxygen atoms in total. The third-order valence-corrected chi connectivity index (χ3v) is 1.74. The van der Waals surface area contributed by atoms with E-state index in [9.17, 15) is 4.79 Å². The lowest BCUT2D eigenvalue weighted by atomic mass is 10.2. The molecule has 0 spiro atoms. The summed E-state index contributed by atoms with van der Waals surface area (Å²) in [6.45, 7) is 8.05. The summed E-state index contributed by atoms with van der Waals surface area (Å²) in [7, 11) is 0. The molecule has 0 aromatic carbocycles. The van der Waals surface area contributed by atoms with E-state index in [0.717, 1.165) is 12.8 Å². The van der Waals surface area contributed by atoms with Crippen LogP contribution in [0.15, 0.2) is 0 Å². The number of urea groups is 1. The number of amides is 2. The molecule has 0 unspecified atom stereocenters. The van der Waals surface area contributed by atoms with E-state index in [1.54, 1.807) is 0 Å². The minimum absolute atomic E-state index is 0.0568. The van der Waals surface area contributed by atoms with Crippen molar-refractivity contribution in [3.8, 4) is 0 Å². The molecule has 0 radical (unpaired) electrons. The first-order chi connectivity index (χ1) is 5.60. The maximum absolute atomic E-state index is 11.2. The Bertz CT molecular complexity index is 130. The molecular weight excluding hydrogens is 152 g/mol. The molecule has 0 saturated heterocycles. The monoisotopic (exact) mass is 172 g/mol. The number of carbonyl (C=O) groups is 1. The van der Waals surface area contributed by atoms with Gasteiger partial charge >= 0.3 is 6.03 Å². The quantitative estimate of drug-likeness (QED) is 0.668. The number of rotatable bonds is 4. The molecule has 72 valence electrons. The molecule has 0 aliphatic heterocycles. The second kappa shape index (κ2) is 5.86. The Kier molecular flexibility index (Phi) is 5.51. The van der Waals surface area contributed by atoms with Gasteiger partial charge < -0.3 is 10.6 Å². The number of hydrogen-bond donors (Lipinski definition) is 2. The molecule has 0 saturated carbocycles. The van der Waals surface area contributed by atoms with Crippen molar-refractivity contribution in [2.45, 2.75) is 52.6 Å². The Morgan fingerprint density at radius 3 is 2.00 bits per heavy atom. The zero-order valence-corrected chi connectivity index (χ0v) is 8.48. The van der Waals surface area contributed by atoms with Crippen molar-refractivity contribution in [2.24, 2.45) is 0 Å². The molecule has 3 heteroatoms. The van der Waals surface area contributed by atoms with Gasteiger partial charge in [-0.1, -0.05) is 13.8 Å². The van der Waals surface area contributed by atoms with Gasteiger partial charge in [-0.05, 0) is 26.7 Å². The third-order valence-electron chi connectivity index (χ3n) is 1.74. The van der Waals surface area contributed by atoms with Crippen LogP contribution in [0.2, 0.25) is 0 Å². The average molecular weight is 172 g/mol. The van der Waals surface area contributed by atoms with Crippen LogP contribution in [0.1, 0.15) is 40.5 Å². The van der Waals surface area contributed by atoms with Gasteiger partial charge in [-0.15, -0.1) is 0 Å². The molecule has 2 N–H and O–H groups in total. The Morgan fingerprint density at radius 1 is 1.17 bits per heavy atom. The van der Waals surface area contributed by atoms with E-state index in [2.05, 4.69) is 24.5 Å². The minimum atomic E-state index is -0.0568. The fourth-order valence-corrected chi connectivity index (χ4v) is 0.982. The summed E-state index contributed by atoms with van der Waals surface area (Å²) in [4.78, 5) is 11.2. The topological polar surface area (TPSA) is 41.1 Å². The minimum Gasteiger partial charge on any atom is -0.336 e. The molecule has 0 bridgehead atoms. The lowest BCUT2D eigenvalue weighted by Gasteiger charge is -2.16. The van der Waals surface area contributed by atoms with Crippen molar-refractivity contribution in [3.63, 3.8) is 0 Å². The highest BCUT2D eigenvalue weighted by atomic mass is 16.2. The lowest BCUT2D eigenvalue weighted by molar-refractivity contribution is 0.234. The summed E-state index contributed by atoms with van der Waals surface area (Å²) in [5.74, 6) is 0. The Morgan fingerprint density at radius 2 is 1.67 bits per heavy atom. The largest absolute Gasteiger partial charge is 0.336 e. The second-order valence-corrected chi connectivity index (χ2v) is 3.29. The van der Waals surface area contributed by atoms with Gasteiger partial charge in [0.05, 0.1) is 0 Å². The summed E-state index contributed by atoms with van der Waals surface area (Å²) >= 11 is 0. The van der Waals surface area contributed by atoms with Crippen molar-refractivity contribution in [1.29, 1.82) is 0 Å². The van der Waals surface area contributed by atoms with Gasteiger partial charge in [-0.3, -0.25) is 0 Å². The van der Waals surface area contributed by atoms with Gasteiger partial charge in [0.2, 0.25) is 0 Å². The molecule has 0 heterocycles.